The Morgan fingerprint density at radius 3 is 2.71 bits per heavy atom. The van der Waals surface area contributed by atoms with Crippen molar-refractivity contribution in [3.05, 3.63) is 65.4 Å². The van der Waals surface area contributed by atoms with E-state index >= 15 is 0 Å². The SMILES string of the molecule is COC[C@@H]1CCCN1NC(=O)c1cn(-c2ccc(Cl)cc2)c(-c2ccccc2OC)n1. The Labute approximate surface area is 186 Å². The number of hydrogen-bond donors (Lipinski definition) is 1. The molecule has 1 amide bonds. The number of para-hydroxylation sites is 1. The van der Waals surface area contributed by atoms with Gasteiger partial charge in [-0.25, -0.2) is 9.99 Å². The Hall–Kier alpha value is -2.87. The van der Waals surface area contributed by atoms with Crippen molar-refractivity contribution < 1.29 is 14.3 Å². The standard InChI is InChI=1S/C23H25ClN4O3/c1-30-15-18-6-5-13-28(18)26-23(29)20-14-27(17-11-9-16(24)10-12-17)22(25-20)19-7-3-4-8-21(19)31-2/h3-4,7-12,14,18H,5-6,13,15H2,1-2H3,(H,26,29)/t18-/m0/s1. The molecule has 0 bridgehead atoms. The van der Waals surface area contributed by atoms with Crippen LogP contribution in [-0.2, 0) is 4.74 Å². The van der Waals surface area contributed by atoms with Crippen LogP contribution in [0.1, 0.15) is 23.3 Å². The topological polar surface area (TPSA) is 68.6 Å². The maximum Gasteiger partial charge on any atom is 0.285 e. The van der Waals surface area contributed by atoms with Gasteiger partial charge < -0.3 is 9.47 Å². The molecule has 1 fully saturated rings. The van der Waals surface area contributed by atoms with Crippen LogP contribution in [0, 0.1) is 0 Å². The van der Waals surface area contributed by atoms with Crippen molar-refractivity contribution in [2.45, 2.75) is 18.9 Å². The van der Waals surface area contributed by atoms with Crippen molar-refractivity contribution in [2.75, 3.05) is 27.4 Å². The fraction of sp³-hybridized carbons (Fsp3) is 0.304. The number of halogens is 1. The summed E-state index contributed by atoms with van der Waals surface area (Å²) in [4.78, 5) is 17.7. The average Bonchev–Trinajstić information content (AvgIpc) is 3.42. The highest BCUT2D eigenvalue weighted by molar-refractivity contribution is 6.30. The Morgan fingerprint density at radius 1 is 1.19 bits per heavy atom. The zero-order chi connectivity index (χ0) is 21.8. The molecular formula is C23H25ClN4O3. The van der Waals surface area contributed by atoms with Gasteiger partial charge in [0.2, 0.25) is 0 Å². The third kappa shape index (κ3) is 4.58. The number of hydrogen-bond acceptors (Lipinski definition) is 5. The first-order valence-electron chi connectivity index (χ1n) is 10.2. The van der Waals surface area contributed by atoms with Crippen LogP contribution in [-0.4, -0.2) is 53.9 Å². The number of benzene rings is 2. The van der Waals surface area contributed by atoms with E-state index < -0.39 is 0 Å². The van der Waals surface area contributed by atoms with Gasteiger partial charge in [-0.1, -0.05) is 23.7 Å². The van der Waals surface area contributed by atoms with Gasteiger partial charge in [0, 0.05) is 30.6 Å². The first-order chi connectivity index (χ1) is 15.1. The van der Waals surface area contributed by atoms with E-state index in [4.69, 9.17) is 21.1 Å². The fourth-order valence-electron chi connectivity index (χ4n) is 3.84. The number of carbonyl (C=O) groups excluding carboxylic acids is 1. The van der Waals surface area contributed by atoms with Crippen LogP contribution in [0.2, 0.25) is 5.02 Å². The molecule has 1 atom stereocenters. The van der Waals surface area contributed by atoms with Crippen molar-refractivity contribution in [3.8, 4) is 22.8 Å². The summed E-state index contributed by atoms with van der Waals surface area (Å²) < 4.78 is 12.7. The van der Waals surface area contributed by atoms with Crippen molar-refractivity contribution in [1.82, 2.24) is 20.0 Å². The quantitative estimate of drug-likeness (QED) is 0.602. The van der Waals surface area contributed by atoms with Gasteiger partial charge in [0.25, 0.3) is 5.91 Å². The van der Waals surface area contributed by atoms with Gasteiger partial charge in [-0.3, -0.25) is 14.8 Å². The lowest BCUT2D eigenvalue weighted by atomic mass is 10.2. The number of aromatic nitrogens is 2. The summed E-state index contributed by atoms with van der Waals surface area (Å²) in [5.41, 5.74) is 4.95. The molecule has 0 saturated carbocycles. The van der Waals surface area contributed by atoms with Gasteiger partial charge in [0.1, 0.15) is 17.3 Å². The molecule has 0 radical (unpaired) electrons. The summed E-state index contributed by atoms with van der Waals surface area (Å²) in [6.45, 7) is 1.36. The van der Waals surface area contributed by atoms with Gasteiger partial charge >= 0.3 is 0 Å². The average molecular weight is 441 g/mol. The van der Waals surface area contributed by atoms with Crippen molar-refractivity contribution in [1.29, 1.82) is 0 Å². The van der Waals surface area contributed by atoms with E-state index in [0.29, 0.717) is 28.9 Å². The summed E-state index contributed by atoms with van der Waals surface area (Å²) in [5.74, 6) is 1.03. The number of hydrazine groups is 1. The van der Waals surface area contributed by atoms with Crippen LogP contribution >= 0.6 is 11.6 Å². The second-order valence-corrected chi connectivity index (χ2v) is 7.82. The zero-order valence-electron chi connectivity index (χ0n) is 17.5. The Kier molecular flexibility index (Phi) is 6.56. The lowest BCUT2D eigenvalue weighted by molar-refractivity contribution is 0.0607. The summed E-state index contributed by atoms with van der Waals surface area (Å²) >= 11 is 6.07. The van der Waals surface area contributed by atoms with Crippen LogP contribution in [0.15, 0.2) is 54.7 Å². The molecule has 8 heteroatoms. The van der Waals surface area contributed by atoms with Crippen LogP contribution < -0.4 is 10.2 Å². The van der Waals surface area contributed by atoms with E-state index in [9.17, 15) is 4.79 Å². The van der Waals surface area contributed by atoms with Crippen LogP contribution in [0.3, 0.4) is 0 Å². The van der Waals surface area contributed by atoms with E-state index in [1.807, 2.05) is 58.1 Å². The molecule has 0 aliphatic carbocycles. The number of amides is 1. The summed E-state index contributed by atoms with van der Waals surface area (Å²) in [5, 5.41) is 2.58. The third-order valence-corrected chi connectivity index (χ3v) is 5.62. The molecule has 162 valence electrons. The number of methoxy groups -OCH3 is 2. The molecule has 2 aromatic carbocycles. The minimum Gasteiger partial charge on any atom is -0.496 e. The largest absolute Gasteiger partial charge is 0.496 e. The Balaban J connectivity index is 1.71. The van der Waals surface area contributed by atoms with Gasteiger partial charge in [-0.05, 0) is 49.2 Å². The molecule has 4 rings (SSSR count). The van der Waals surface area contributed by atoms with Gasteiger partial charge in [0.15, 0.2) is 0 Å². The summed E-state index contributed by atoms with van der Waals surface area (Å²) in [7, 11) is 3.29. The molecule has 1 aliphatic rings. The molecule has 31 heavy (non-hydrogen) atoms. The van der Waals surface area contributed by atoms with E-state index in [0.717, 1.165) is 30.6 Å². The summed E-state index contributed by atoms with van der Waals surface area (Å²) in [6.07, 6.45) is 3.74. The smallest absolute Gasteiger partial charge is 0.285 e. The molecule has 1 aliphatic heterocycles. The van der Waals surface area contributed by atoms with Crippen molar-refractivity contribution >= 4 is 17.5 Å². The van der Waals surface area contributed by atoms with E-state index in [1.165, 1.54) is 0 Å². The maximum atomic E-state index is 13.1. The van der Waals surface area contributed by atoms with Crippen LogP contribution in [0.4, 0.5) is 0 Å². The number of carbonyl (C=O) groups is 1. The second-order valence-electron chi connectivity index (χ2n) is 7.38. The maximum absolute atomic E-state index is 13.1. The highest BCUT2D eigenvalue weighted by atomic mass is 35.5. The molecule has 1 aromatic heterocycles. The van der Waals surface area contributed by atoms with E-state index in [2.05, 4.69) is 10.4 Å². The second kappa shape index (κ2) is 9.51. The Bertz CT molecular complexity index is 1050. The molecule has 7 nitrogen and oxygen atoms in total. The van der Waals surface area contributed by atoms with E-state index in [1.54, 1.807) is 20.4 Å². The highest BCUT2D eigenvalue weighted by Gasteiger charge is 2.27. The monoisotopic (exact) mass is 440 g/mol. The molecule has 2 heterocycles. The first kappa shape index (κ1) is 21.4. The normalized spacial score (nSPS) is 16.4. The van der Waals surface area contributed by atoms with Crippen molar-refractivity contribution in [3.63, 3.8) is 0 Å². The zero-order valence-corrected chi connectivity index (χ0v) is 18.3. The Morgan fingerprint density at radius 2 is 1.97 bits per heavy atom. The van der Waals surface area contributed by atoms with Gasteiger partial charge in [-0.2, -0.15) is 0 Å². The summed E-state index contributed by atoms with van der Waals surface area (Å²) in [6, 6.07) is 15.2. The van der Waals surface area contributed by atoms with Gasteiger partial charge in [-0.15, -0.1) is 0 Å². The molecule has 0 spiro atoms. The molecule has 0 unspecified atom stereocenters. The number of rotatable bonds is 7. The molecule has 1 saturated heterocycles. The molecule has 1 N–H and O–H groups in total. The molecular weight excluding hydrogens is 416 g/mol. The predicted molar refractivity (Wildman–Crippen MR) is 120 cm³/mol. The number of nitrogens with zero attached hydrogens (tertiary/aromatic N) is 3. The lowest BCUT2D eigenvalue weighted by Gasteiger charge is -2.23. The highest BCUT2D eigenvalue weighted by Crippen LogP contribution is 2.31. The minimum atomic E-state index is -0.258. The minimum absolute atomic E-state index is 0.168. The van der Waals surface area contributed by atoms with Crippen molar-refractivity contribution in [2.24, 2.45) is 0 Å². The lowest BCUT2D eigenvalue weighted by Crippen LogP contribution is -2.46. The number of imidazole rings is 1. The fourth-order valence-corrected chi connectivity index (χ4v) is 3.97. The van der Waals surface area contributed by atoms with Crippen LogP contribution in [0.5, 0.6) is 5.75 Å². The predicted octanol–water partition coefficient (Wildman–Crippen LogP) is 3.96. The number of nitrogens with one attached hydrogen (secondary N) is 1. The third-order valence-electron chi connectivity index (χ3n) is 5.37. The van der Waals surface area contributed by atoms with Crippen LogP contribution in [0.25, 0.3) is 17.1 Å². The molecule has 3 aromatic rings. The first-order valence-corrected chi connectivity index (χ1v) is 10.5. The number of ether oxygens (including phenoxy) is 2. The van der Waals surface area contributed by atoms with E-state index in [-0.39, 0.29) is 11.9 Å². The van der Waals surface area contributed by atoms with Gasteiger partial charge in [0.05, 0.1) is 25.3 Å².